The van der Waals surface area contributed by atoms with Crippen LogP contribution in [0.4, 0.5) is 0 Å². The van der Waals surface area contributed by atoms with E-state index in [2.05, 4.69) is 15.3 Å². The fourth-order valence-electron chi connectivity index (χ4n) is 2.01. The number of amides is 1. The van der Waals surface area contributed by atoms with Crippen molar-refractivity contribution in [2.75, 3.05) is 0 Å². The fraction of sp³-hybridized carbons (Fsp3) is 0.133. The Bertz CT molecular complexity index is 762. The van der Waals surface area contributed by atoms with Gasteiger partial charge in [-0.2, -0.15) is 0 Å². The third-order valence-corrected chi connectivity index (χ3v) is 4.15. The summed E-state index contributed by atoms with van der Waals surface area (Å²) in [6.45, 7) is 2.20. The molecule has 0 aliphatic heterocycles. The minimum atomic E-state index is -0.179. The summed E-state index contributed by atoms with van der Waals surface area (Å²) in [6.07, 6.45) is 0. The quantitative estimate of drug-likeness (QED) is 0.751. The number of pyridine rings is 1. The van der Waals surface area contributed by atoms with E-state index in [-0.39, 0.29) is 5.91 Å². The van der Waals surface area contributed by atoms with Crippen molar-refractivity contribution in [1.29, 1.82) is 0 Å². The van der Waals surface area contributed by atoms with Gasteiger partial charge in [0.25, 0.3) is 5.91 Å². The molecule has 0 aliphatic carbocycles. The molecule has 1 N–H and O–H groups in total. The summed E-state index contributed by atoms with van der Waals surface area (Å²) in [4.78, 5) is 20.6. The molecule has 6 heteroatoms. The van der Waals surface area contributed by atoms with Gasteiger partial charge in [0, 0.05) is 11.3 Å². The van der Waals surface area contributed by atoms with Crippen molar-refractivity contribution in [2.24, 2.45) is 0 Å². The van der Waals surface area contributed by atoms with Gasteiger partial charge in [-0.25, -0.2) is 9.97 Å². The Morgan fingerprint density at radius 1 is 1.29 bits per heavy atom. The lowest BCUT2D eigenvalue weighted by atomic mass is 10.2. The van der Waals surface area contributed by atoms with E-state index in [4.69, 9.17) is 11.6 Å². The maximum atomic E-state index is 12.1. The van der Waals surface area contributed by atoms with Gasteiger partial charge in [-0.05, 0) is 31.2 Å². The molecule has 4 nitrogen and oxygen atoms in total. The number of para-hydroxylation sites is 1. The van der Waals surface area contributed by atoms with Crippen LogP contribution >= 0.6 is 22.9 Å². The molecule has 0 unspecified atom stereocenters. The predicted molar refractivity (Wildman–Crippen MR) is 84.8 cm³/mol. The minimum absolute atomic E-state index is 0.179. The van der Waals surface area contributed by atoms with E-state index in [1.165, 1.54) is 0 Å². The molecule has 0 aliphatic rings. The SMILES string of the molecule is Cc1cc(C(=O)NCc2nc3ccccc3s2)cc(Cl)n1. The first-order valence-electron chi connectivity index (χ1n) is 6.38. The van der Waals surface area contributed by atoms with Crippen molar-refractivity contribution in [3.05, 3.63) is 57.8 Å². The fourth-order valence-corrected chi connectivity index (χ4v) is 3.17. The van der Waals surface area contributed by atoms with E-state index in [1.54, 1.807) is 30.4 Å². The Kier molecular flexibility index (Phi) is 3.86. The van der Waals surface area contributed by atoms with E-state index in [1.807, 2.05) is 24.3 Å². The number of aromatic nitrogens is 2. The number of halogens is 1. The first kappa shape index (κ1) is 14.0. The standard InChI is InChI=1S/C15H12ClN3OS/c1-9-6-10(7-13(16)18-9)15(20)17-8-14-19-11-4-2-3-5-12(11)21-14/h2-7H,8H2,1H3,(H,17,20). The number of carbonyl (C=O) groups excluding carboxylic acids is 1. The van der Waals surface area contributed by atoms with E-state index in [0.29, 0.717) is 23.0 Å². The molecule has 1 aromatic carbocycles. The van der Waals surface area contributed by atoms with Gasteiger partial charge in [-0.1, -0.05) is 23.7 Å². The van der Waals surface area contributed by atoms with Gasteiger partial charge in [-0.15, -0.1) is 11.3 Å². The number of carbonyl (C=O) groups is 1. The zero-order chi connectivity index (χ0) is 14.8. The molecule has 3 aromatic rings. The summed E-state index contributed by atoms with van der Waals surface area (Å²) >= 11 is 7.44. The largest absolute Gasteiger partial charge is 0.346 e. The summed E-state index contributed by atoms with van der Waals surface area (Å²) in [5.41, 5.74) is 2.18. The number of aryl methyl sites for hydroxylation is 1. The summed E-state index contributed by atoms with van der Waals surface area (Å²) in [5.74, 6) is -0.179. The van der Waals surface area contributed by atoms with Crippen molar-refractivity contribution in [2.45, 2.75) is 13.5 Å². The van der Waals surface area contributed by atoms with Crippen molar-refractivity contribution in [3.63, 3.8) is 0 Å². The molecular formula is C15H12ClN3OS. The molecule has 0 saturated heterocycles. The number of hydrogen-bond acceptors (Lipinski definition) is 4. The van der Waals surface area contributed by atoms with Crippen LogP contribution in [0.2, 0.25) is 5.15 Å². The molecule has 0 saturated carbocycles. The van der Waals surface area contributed by atoms with Gasteiger partial charge in [0.05, 0.1) is 16.8 Å². The number of nitrogens with one attached hydrogen (secondary N) is 1. The maximum Gasteiger partial charge on any atom is 0.251 e. The van der Waals surface area contributed by atoms with Crippen molar-refractivity contribution in [3.8, 4) is 0 Å². The highest BCUT2D eigenvalue weighted by Crippen LogP contribution is 2.21. The average molecular weight is 318 g/mol. The summed E-state index contributed by atoms with van der Waals surface area (Å²) in [5, 5.41) is 4.05. The first-order valence-corrected chi connectivity index (χ1v) is 7.58. The number of hydrogen-bond donors (Lipinski definition) is 1. The van der Waals surface area contributed by atoms with Crippen LogP contribution in [-0.4, -0.2) is 15.9 Å². The van der Waals surface area contributed by atoms with Crippen LogP contribution in [0.5, 0.6) is 0 Å². The van der Waals surface area contributed by atoms with Crippen molar-refractivity contribution < 1.29 is 4.79 Å². The number of thiazole rings is 1. The van der Waals surface area contributed by atoms with Crippen molar-refractivity contribution >= 4 is 39.1 Å². The number of nitrogens with zero attached hydrogens (tertiary/aromatic N) is 2. The zero-order valence-electron chi connectivity index (χ0n) is 11.3. The van der Waals surface area contributed by atoms with Gasteiger partial charge >= 0.3 is 0 Å². The summed E-state index contributed by atoms with van der Waals surface area (Å²) in [7, 11) is 0. The van der Waals surface area contributed by atoms with Crippen LogP contribution < -0.4 is 5.32 Å². The Hall–Kier alpha value is -1.98. The molecule has 1 amide bonds. The van der Waals surface area contributed by atoms with Gasteiger partial charge in [0.1, 0.15) is 10.2 Å². The Labute approximate surface area is 130 Å². The summed E-state index contributed by atoms with van der Waals surface area (Å²) in [6, 6.07) is 11.2. The third kappa shape index (κ3) is 3.20. The molecular weight excluding hydrogens is 306 g/mol. The minimum Gasteiger partial charge on any atom is -0.346 e. The Balaban J connectivity index is 1.73. The Morgan fingerprint density at radius 3 is 2.86 bits per heavy atom. The smallest absolute Gasteiger partial charge is 0.251 e. The third-order valence-electron chi connectivity index (χ3n) is 2.92. The van der Waals surface area contributed by atoms with Crippen LogP contribution in [0.1, 0.15) is 21.1 Å². The van der Waals surface area contributed by atoms with E-state index < -0.39 is 0 Å². The molecule has 0 radical (unpaired) electrons. The van der Waals surface area contributed by atoms with Crippen LogP contribution in [0.3, 0.4) is 0 Å². The molecule has 2 heterocycles. The first-order chi connectivity index (χ1) is 10.1. The lowest BCUT2D eigenvalue weighted by Crippen LogP contribution is -2.22. The second kappa shape index (κ2) is 5.79. The van der Waals surface area contributed by atoms with Gasteiger partial charge in [-0.3, -0.25) is 4.79 Å². The molecule has 106 valence electrons. The second-order valence-electron chi connectivity index (χ2n) is 4.58. The molecule has 0 spiro atoms. The zero-order valence-corrected chi connectivity index (χ0v) is 12.8. The summed E-state index contributed by atoms with van der Waals surface area (Å²) < 4.78 is 1.12. The van der Waals surface area contributed by atoms with Crippen molar-refractivity contribution in [1.82, 2.24) is 15.3 Å². The van der Waals surface area contributed by atoms with E-state index in [9.17, 15) is 4.79 Å². The van der Waals surface area contributed by atoms with E-state index >= 15 is 0 Å². The molecule has 2 aromatic heterocycles. The molecule has 21 heavy (non-hydrogen) atoms. The van der Waals surface area contributed by atoms with E-state index in [0.717, 1.165) is 15.2 Å². The molecule has 3 rings (SSSR count). The highest BCUT2D eigenvalue weighted by Gasteiger charge is 2.09. The number of fused-ring (bicyclic) bond motifs is 1. The van der Waals surface area contributed by atoms with Crippen LogP contribution in [0.25, 0.3) is 10.2 Å². The van der Waals surface area contributed by atoms with Crippen LogP contribution in [0, 0.1) is 6.92 Å². The highest BCUT2D eigenvalue weighted by molar-refractivity contribution is 7.18. The van der Waals surface area contributed by atoms with Gasteiger partial charge in [0.15, 0.2) is 0 Å². The maximum absolute atomic E-state index is 12.1. The highest BCUT2D eigenvalue weighted by atomic mass is 35.5. The topological polar surface area (TPSA) is 54.9 Å². The number of benzene rings is 1. The Morgan fingerprint density at radius 2 is 2.10 bits per heavy atom. The lowest BCUT2D eigenvalue weighted by molar-refractivity contribution is 0.0950. The molecule has 0 bridgehead atoms. The number of rotatable bonds is 3. The van der Waals surface area contributed by atoms with Gasteiger partial charge in [0.2, 0.25) is 0 Å². The molecule has 0 fully saturated rings. The second-order valence-corrected chi connectivity index (χ2v) is 6.08. The van der Waals surface area contributed by atoms with Crippen LogP contribution in [0.15, 0.2) is 36.4 Å². The lowest BCUT2D eigenvalue weighted by Gasteiger charge is -2.04. The predicted octanol–water partition coefficient (Wildman–Crippen LogP) is 3.58. The molecule has 0 atom stereocenters. The average Bonchev–Trinajstić information content (AvgIpc) is 2.86. The van der Waals surface area contributed by atoms with Crippen LogP contribution in [-0.2, 0) is 6.54 Å². The monoisotopic (exact) mass is 317 g/mol. The normalized spacial score (nSPS) is 10.8. The van der Waals surface area contributed by atoms with Gasteiger partial charge < -0.3 is 5.32 Å².